The Labute approximate surface area is 139 Å². The average Bonchev–Trinajstić information content (AvgIpc) is 2.56. The minimum absolute atomic E-state index is 0.132. The largest absolute Gasteiger partial charge is 0.369 e. The predicted molar refractivity (Wildman–Crippen MR) is 86.1 cm³/mol. The molecule has 1 fully saturated rings. The second-order valence-corrected chi connectivity index (χ2v) is 5.86. The van der Waals surface area contributed by atoms with Crippen molar-refractivity contribution in [2.24, 2.45) is 0 Å². The fourth-order valence-electron chi connectivity index (χ4n) is 2.26. The highest BCUT2D eigenvalue weighted by atomic mass is 35.5. The van der Waals surface area contributed by atoms with Crippen LogP contribution in [0.25, 0.3) is 0 Å². The zero-order valence-corrected chi connectivity index (χ0v) is 13.4. The molecule has 0 aromatic heterocycles. The van der Waals surface area contributed by atoms with Crippen LogP contribution in [0.1, 0.15) is 17.4 Å². The Hall–Kier alpha value is -1.10. The molecule has 0 atom stereocenters. The Morgan fingerprint density at radius 3 is 2.18 bits per heavy atom. The number of hydrogen-bond donors (Lipinski definition) is 0. The summed E-state index contributed by atoms with van der Waals surface area (Å²) in [7, 11) is 0. The molecular formula is C17H16Cl2O3. The molecule has 0 unspecified atom stereocenters. The molecule has 22 heavy (non-hydrogen) atoms. The maximum absolute atomic E-state index is 6.12. The molecule has 116 valence electrons. The topological polar surface area (TPSA) is 27.7 Å². The Morgan fingerprint density at radius 1 is 0.909 bits per heavy atom. The molecule has 0 amide bonds. The van der Waals surface area contributed by atoms with Gasteiger partial charge in [0, 0.05) is 21.2 Å². The van der Waals surface area contributed by atoms with E-state index in [1.807, 2.05) is 36.4 Å². The van der Waals surface area contributed by atoms with Crippen molar-refractivity contribution >= 4 is 23.2 Å². The maximum Gasteiger partial charge on any atom is 0.184 e. The van der Waals surface area contributed by atoms with Crippen molar-refractivity contribution in [3.8, 4) is 0 Å². The van der Waals surface area contributed by atoms with E-state index in [1.165, 1.54) is 0 Å². The summed E-state index contributed by atoms with van der Waals surface area (Å²) in [4.78, 5) is 0. The molecule has 0 N–H and O–H groups in total. The quantitative estimate of drug-likeness (QED) is 0.813. The predicted octanol–water partition coefficient (Wildman–Crippen LogP) is 4.62. The Bertz CT molecular complexity index is 590. The third kappa shape index (κ3) is 3.80. The Kier molecular flexibility index (Phi) is 5.34. The van der Waals surface area contributed by atoms with Gasteiger partial charge in [-0.1, -0.05) is 59.6 Å². The first-order valence-electron chi connectivity index (χ1n) is 7.06. The molecule has 2 aromatic carbocycles. The van der Waals surface area contributed by atoms with Crippen LogP contribution in [-0.2, 0) is 20.8 Å². The molecule has 1 heterocycles. The first-order valence-corrected chi connectivity index (χ1v) is 7.82. The monoisotopic (exact) mass is 338 g/mol. The van der Waals surface area contributed by atoms with Crippen molar-refractivity contribution in [2.75, 3.05) is 13.2 Å². The van der Waals surface area contributed by atoms with Crippen LogP contribution in [0, 0.1) is 0 Å². The molecule has 5 heteroatoms. The van der Waals surface area contributed by atoms with Gasteiger partial charge in [-0.15, -0.1) is 0 Å². The zero-order chi connectivity index (χ0) is 15.4. The van der Waals surface area contributed by atoms with Gasteiger partial charge >= 0.3 is 0 Å². The fraction of sp³-hybridized carbons (Fsp3) is 0.294. The van der Waals surface area contributed by atoms with E-state index < -0.39 is 0 Å². The number of ether oxygens (including phenoxy) is 3. The lowest BCUT2D eigenvalue weighted by Gasteiger charge is -2.29. The van der Waals surface area contributed by atoms with Gasteiger partial charge in [-0.3, -0.25) is 0 Å². The molecule has 0 bridgehead atoms. The highest BCUT2D eigenvalue weighted by molar-refractivity contribution is 6.35. The molecule has 2 aromatic rings. The van der Waals surface area contributed by atoms with Crippen molar-refractivity contribution in [3.05, 3.63) is 69.7 Å². The molecule has 3 rings (SSSR count). The first kappa shape index (κ1) is 15.8. The van der Waals surface area contributed by atoms with E-state index in [4.69, 9.17) is 37.4 Å². The Balaban J connectivity index is 1.52. The van der Waals surface area contributed by atoms with Gasteiger partial charge in [0.15, 0.2) is 6.29 Å². The van der Waals surface area contributed by atoms with Crippen LogP contribution in [-0.4, -0.2) is 19.3 Å². The molecule has 1 aliphatic heterocycles. The zero-order valence-electron chi connectivity index (χ0n) is 11.9. The van der Waals surface area contributed by atoms with Crippen molar-refractivity contribution in [3.63, 3.8) is 0 Å². The average molecular weight is 339 g/mol. The second-order valence-electron chi connectivity index (χ2n) is 5.04. The van der Waals surface area contributed by atoms with Crippen LogP contribution in [0.4, 0.5) is 0 Å². The summed E-state index contributed by atoms with van der Waals surface area (Å²) in [6, 6.07) is 15.3. The van der Waals surface area contributed by atoms with Crippen LogP contribution < -0.4 is 0 Å². The molecule has 3 nitrogen and oxygen atoms in total. The van der Waals surface area contributed by atoms with E-state index in [1.54, 1.807) is 12.1 Å². The van der Waals surface area contributed by atoms with E-state index >= 15 is 0 Å². The van der Waals surface area contributed by atoms with Crippen LogP contribution in [0.3, 0.4) is 0 Å². The third-order valence-electron chi connectivity index (χ3n) is 3.46. The smallest absolute Gasteiger partial charge is 0.184 e. The first-order chi connectivity index (χ1) is 10.7. The molecule has 0 saturated carbocycles. The third-order valence-corrected chi connectivity index (χ3v) is 4.17. The summed E-state index contributed by atoms with van der Waals surface area (Å²) in [6.45, 7) is 1.29. The van der Waals surface area contributed by atoms with Gasteiger partial charge in [0.25, 0.3) is 0 Å². The molecule has 1 saturated heterocycles. The van der Waals surface area contributed by atoms with E-state index in [2.05, 4.69) is 0 Å². The van der Waals surface area contributed by atoms with Gasteiger partial charge in [0.1, 0.15) is 6.10 Å². The van der Waals surface area contributed by atoms with Crippen LogP contribution >= 0.6 is 23.2 Å². The summed E-state index contributed by atoms with van der Waals surface area (Å²) in [5.41, 5.74) is 1.80. The van der Waals surface area contributed by atoms with E-state index in [0.29, 0.717) is 29.9 Å². The molecular weight excluding hydrogens is 323 g/mol. The van der Waals surface area contributed by atoms with Gasteiger partial charge in [0.2, 0.25) is 0 Å². The summed E-state index contributed by atoms with van der Waals surface area (Å²) in [6.07, 6.45) is -0.461. The summed E-state index contributed by atoms with van der Waals surface area (Å²) in [5, 5.41) is 1.21. The van der Waals surface area contributed by atoms with Crippen LogP contribution in [0.15, 0.2) is 48.5 Å². The van der Waals surface area contributed by atoms with Crippen molar-refractivity contribution in [2.45, 2.75) is 19.0 Å². The number of benzene rings is 2. The lowest BCUT2D eigenvalue weighted by molar-refractivity contribution is -0.232. The SMILES string of the molecule is Clc1cccc(Cl)c1CO[C@H]1CO[C@@H](c2ccccc2)OC1. The Morgan fingerprint density at radius 2 is 1.55 bits per heavy atom. The van der Waals surface area contributed by atoms with Crippen molar-refractivity contribution in [1.82, 2.24) is 0 Å². The molecule has 0 radical (unpaired) electrons. The van der Waals surface area contributed by atoms with Crippen molar-refractivity contribution in [1.29, 1.82) is 0 Å². The van der Waals surface area contributed by atoms with E-state index in [9.17, 15) is 0 Å². The lowest BCUT2D eigenvalue weighted by Crippen LogP contribution is -2.33. The normalized spacial score (nSPS) is 21.7. The molecule has 0 spiro atoms. The summed E-state index contributed by atoms with van der Waals surface area (Å²) >= 11 is 12.2. The van der Waals surface area contributed by atoms with Gasteiger partial charge in [-0.2, -0.15) is 0 Å². The van der Waals surface area contributed by atoms with Crippen LogP contribution in [0.2, 0.25) is 10.0 Å². The molecule has 1 aliphatic rings. The van der Waals surface area contributed by atoms with Gasteiger partial charge in [-0.05, 0) is 12.1 Å². The lowest BCUT2D eigenvalue weighted by atomic mass is 10.2. The minimum atomic E-state index is -0.329. The molecule has 0 aliphatic carbocycles. The maximum atomic E-state index is 6.12. The van der Waals surface area contributed by atoms with Crippen LogP contribution in [0.5, 0.6) is 0 Å². The van der Waals surface area contributed by atoms with Gasteiger partial charge in [-0.25, -0.2) is 0 Å². The second kappa shape index (κ2) is 7.44. The highest BCUT2D eigenvalue weighted by Gasteiger charge is 2.24. The fourth-order valence-corrected chi connectivity index (χ4v) is 2.76. The van der Waals surface area contributed by atoms with E-state index in [0.717, 1.165) is 11.1 Å². The minimum Gasteiger partial charge on any atom is -0.369 e. The van der Waals surface area contributed by atoms with Crippen molar-refractivity contribution < 1.29 is 14.2 Å². The highest BCUT2D eigenvalue weighted by Crippen LogP contribution is 2.27. The summed E-state index contributed by atoms with van der Waals surface area (Å²) < 4.78 is 17.2. The number of hydrogen-bond acceptors (Lipinski definition) is 3. The van der Waals surface area contributed by atoms with Gasteiger partial charge < -0.3 is 14.2 Å². The number of halogens is 2. The van der Waals surface area contributed by atoms with Gasteiger partial charge in [0.05, 0.1) is 19.8 Å². The number of rotatable bonds is 4. The summed E-state index contributed by atoms with van der Waals surface area (Å²) in [5.74, 6) is 0. The van der Waals surface area contributed by atoms with E-state index in [-0.39, 0.29) is 12.4 Å². The standard InChI is InChI=1S/C17H16Cl2O3/c18-15-7-4-8-16(19)14(15)11-20-13-9-21-17(22-10-13)12-5-2-1-3-6-12/h1-8,13,17H,9-11H2/t13-,17+.